The normalized spacial score (nSPS) is 16.8. The molecule has 2 rings (SSSR count). The molecule has 1 amide bonds. The summed E-state index contributed by atoms with van der Waals surface area (Å²) < 4.78 is 0.651. The van der Waals surface area contributed by atoms with Crippen molar-refractivity contribution in [3.8, 4) is 0 Å². The summed E-state index contributed by atoms with van der Waals surface area (Å²) in [5, 5.41) is 2.79. The minimum Gasteiger partial charge on any atom is -0.383 e. The van der Waals surface area contributed by atoms with E-state index in [1.165, 1.54) is 0 Å². The Kier molecular flexibility index (Phi) is 3.23. The van der Waals surface area contributed by atoms with Gasteiger partial charge in [-0.2, -0.15) is 4.98 Å². The lowest BCUT2D eigenvalue weighted by atomic mass is 10.4. The lowest BCUT2D eigenvalue weighted by Gasteiger charge is -2.19. The van der Waals surface area contributed by atoms with E-state index in [0.717, 1.165) is 0 Å². The fourth-order valence-electron chi connectivity index (χ4n) is 1.53. The van der Waals surface area contributed by atoms with Gasteiger partial charge in [0.1, 0.15) is 10.4 Å². The second-order valence-corrected chi connectivity index (χ2v) is 4.32. The van der Waals surface area contributed by atoms with Crippen LogP contribution in [0.25, 0.3) is 0 Å². The number of rotatable bonds is 1. The molecule has 0 spiro atoms. The predicted octanol–water partition coefficient (Wildman–Crippen LogP) is 0.148. The largest absolute Gasteiger partial charge is 0.383 e. The van der Waals surface area contributed by atoms with E-state index in [0.29, 0.717) is 42.4 Å². The van der Waals surface area contributed by atoms with Crippen LogP contribution in [-0.4, -0.2) is 35.5 Å². The summed E-state index contributed by atoms with van der Waals surface area (Å²) >= 11 is 3.27. The van der Waals surface area contributed by atoms with Crippen LogP contribution in [0.1, 0.15) is 6.42 Å². The van der Waals surface area contributed by atoms with Crippen LogP contribution >= 0.6 is 15.9 Å². The van der Waals surface area contributed by atoms with E-state index in [1.807, 2.05) is 4.90 Å². The van der Waals surface area contributed by atoms with Gasteiger partial charge in [-0.05, 0) is 15.9 Å². The lowest BCUT2D eigenvalue weighted by Crippen LogP contribution is -2.29. The van der Waals surface area contributed by atoms with Crippen molar-refractivity contribution in [2.45, 2.75) is 6.42 Å². The quantitative estimate of drug-likeness (QED) is 0.718. The molecule has 7 heteroatoms. The van der Waals surface area contributed by atoms with Gasteiger partial charge in [0.2, 0.25) is 11.9 Å². The van der Waals surface area contributed by atoms with Crippen molar-refractivity contribution in [2.24, 2.45) is 0 Å². The van der Waals surface area contributed by atoms with Crippen molar-refractivity contribution >= 4 is 33.6 Å². The molecule has 0 unspecified atom stereocenters. The third-order valence-corrected chi connectivity index (χ3v) is 2.70. The molecule has 0 saturated carbocycles. The molecular weight excluding hydrogens is 274 g/mol. The maximum absolute atomic E-state index is 11.2. The maximum atomic E-state index is 11.2. The van der Waals surface area contributed by atoms with Gasteiger partial charge < -0.3 is 16.0 Å². The van der Waals surface area contributed by atoms with Crippen molar-refractivity contribution in [3.05, 3.63) is 10.7 Å². The van der Waals surface area contributed by atoms with Crippen LogP contribution in [0.3, 0.4) is 0 Å². The van der Waals surface area contributed by atoms with Crippen LogP contribution in [0.4, 0.5) is 11.8 Å². The van der Waals surface area contributed by atoms with Crippen molar-refractivity contribution < 1.29 is 4.79 Å². The van der Waals surface area contributed by atoms with Crippen LogP contribution in [0.5, 0.6) is 0 Å². The summed E-state index contributed by atoms with van der Waals surface area (Å²) in [5.41, 5.74) is 5.64. The Balaban J connectivity index is 2.19. The summed E-state index contributed by atoms with van der Waals surface area (Å²) in [7, 11) is 0. The second kappa shape index (κ2) is 4.65. The number of hydrogen-bond acceptors (Lipinski definition) is 5. The highest BCUT2D eigenvalue weighted by atomic mass is 79.9. The van der Waals surface area contributed by atoms with E-state index in [4.69, 9.17) is 5.73 Å². The molecule has 0 aliphatic carbocycles. The topological polar surface area (TPSA) is 84.1 Å². The summed E-state index contributed by atoms with van der Waals surface area (Å²) in [5.74, 6) is 1.04. The molecule has 1 aliphatic heterocycles. The van der Waals surface area contributed by atoms with Crippen molar-refractivity contribution in [1.82, 2.24) is 15.3 Å². The SMILES string of the molecule is Nc1cc(Br)nc(N2CCNC(=O)CC2)n1. The summed E-state index contributed by atoms with van der Waals surface area (Å²) in [6.07, 6.45) is 0.454. The number of anilines is 2. The van der Waals surface area contributed by atoms with Crippen LogP contribution in [-0.2, 0) is 4.79 Å². The van der Waals surface area contributed by atoms with Gasteiger partial charge in [0.15, 0.2) is 0 Å². The molecule has 0 aromatic carbocycles. The zero-order chi connectivity index (χ0) is 11.5. The van der Waals surface area contributed by atoms with Crippen LogP contribution in [0, 0.1) is 0 Å². The lowest BCUT2D eigenvalue weighted by molar-refractivity contribution is -0.120. The average molecular weight is 286 g/mol. The molecule has 1 saturated heterocycles. The first-order chi connectivity index (χ1) is 7.65. The maximum Gasteiger partial charge on any atom is 0.228 e. The Bertz CT molecular complexity index is 391. The van der Waals surface area contributed by atoms with Gasteiger partial charge in [-0.25, -0.2) is 4.98 Å². The third kappa shape index (κ3) is 2.60. The van der Waals surface area contributed by atoms with E-state index in [9.17, 15) is 4.79 Å². The Labute approximate surface area is 101 Å². The number of halogens is 1. The predicted molar refractivity (Wildman–Crippen MR) is 64.0 cm³/mol. The molecule has 0 radical (unpaired) electrons. The molecule has 0 atom stereocenters. The fourth-order valence-corrected chi connectivity index (χ4v) is 1.92. The first kappa shape index (κ1) is 11.1. The number of nitrogens with two attached hydrogens (primary N) is 1. The number of nitrogen functional groups attached to an aromatic ring is 1. The number of nitrogens with zero attached hydrogens (tertiary/aromatic N) is 3. The molecule has 6 nitrogen and oxygen atoms in total. The van der Waals surface area contributed by atoms with E-state index < -0.39 is 0 Å². The van der Waals surface area contributed by atoms with Gasteiger partial charge in [0.25, 0.3) is 0 Å². The highest BCUT2D eigenvalue weighted by molar-refractivity contribution is 9.10. The van der Waals surface area contributed by atoms with Crippen molar-refractivity contribution in [2.75, 3.05) is 30.3 Å². The Hall–Kier alpha value is -1.37. The molecule has 3 N–H and O–H groups in total. The molecule has 0 bridgehead atoms. The highest BCUT2D eigenvalue weighted by Gasteiger charge is 2.16. The number of carbonyl (C=O) groups is 1. The monoisotopic (exact) mass is 285 g/mol. The molecular formula is C9H12BrN5O. The van der Waals surface area contributed by atoms with Crippen LogP contribution in [0.15, 0.2) is 10.7 Å². The molecule has 86 valence electrons. The Morgan fingerprint density at radius 2 is 2.25 bits per heavy atom. The first-order valence-electron chi connectivity index (χ1n) is 4.97. The number of hydrogen-bond donors (Lipinski definition) is 2. The molecule has 16 heavy (non-hydrogen) atoms. The summed E-state index contributed by atoms with van der Waals surface area (Å²) in [6, 6.07) is 1.64. The van der Waals surface area contributed by atoms with E-state index in [-0.39, 0.29) is 5.91 Å². The number of nitrogens with one attached hydrogen (secondary N) is 1. The number of amides is 1. The summed E-state index contributed by atoms with van der Waals surface area (Å²) in [4.78, 5) is 21.5. The van der Waals surface area contributed by atoms with Crippen molar-refractivity contribution in [1.29, 1.82) is 0 Å². The molecule has 1 aromatic rings. The van der Waals surface area contributed by atoms with Gasteiger partial charge in [-0.3, -0.25) is 4.79 Å². The van der Waals surface area contributed by atoms with Gasteiger partial charge >= 0.3 is 0 Å². The minimum absolute atomic E-state index is 0.0606. The van der Waals surface area contributed by atoms with Crippen LogP contribution in [0.2, 0.25) is 0 Å². The van der Waals surface area contributed by atoms with Crippen molar-refractivity contribution in [3.63, 3.8) is 0 Å². The van der Waals surface area contributed by atoms with E-state index in [1.54, 1.807) is 6.07 Å². The van der Waals surface area contributed by atoms with Gasteiger partial charge in [-0.15, -0.1) is 0 Å². The van der Waals surface area contributed by atoms with Gasteiger partial charge in [0.05, 0.1) is 0 Å². The zero-order valence-electron chi connectivity index (χ0n) is 8.61. The second-order valence-electron chi connectivity index (χ2n) is 3.50. The Morgan fingerprint density at radius 3 is 3.00 bits per heavy atom. The molecule has 1 aromatic heterocycles. The Morgan fingerprint density at radius 1 is 1.44 bits per heavy atom. The number of aromatic nitrogens is 2. The number of carbonyl (C=O) groups excluding carboxylic acids is 1. The standard InChI is InChI=1S/C9H12BrN5O/c10-6-5-7(11)14-9(13-6)15-3-1-8(16)12-2-4-15/h5H,1-4H2,(H,12,16)(H2,11,13,14). The zero-order valence-corrected chi connectivity index (χ0v) is 10.2. The molecule has 2 heterocycles. The van der Waals surface area contributed by atoms with Crippen LogP contribution < -0.4 is 16.0 Å². The minimum atomic E-state index is 0.0606. The third-order valence-electron chi connectivity index (χ3n) is 2.30. The summed E-state index contributed by atoms with van der Waals surface area (Å²) in [6.45, 7) is 1.91. The van der Waals surface area contributed by atoms with Gasteiger partial charge in [-0.1, -0.05) is 0 Å². The van der Waals surface area contributed by atoms with Gasteiger partial charge in [0, 0.05) is 32.1 Å². The fraction of sp³-hybridized carbons (Fsp3) is 0.444. The smallest absolute Gasteiger partial charge is 0.228 e. The highest BCUT2D eigenvalue weighted by Crippen LogP contribution is 2.16. The van der Waals surface area contributed by atoms with E-state index >= 15 is 0 Å². The molecule has 1 fully saturated rings. The van der Waals surface area contributed by atoms with E-state index in [2.05, 4.69) is 31.2 Å². The average Bonchev–Trinajstić information content (AvgIpc) is 2.41. The molecule has 1 aliphatic rings. The first-order valence-corrected chi connectivity index (χ1v) is 5.76.